The minimum atomic E-state index is 0.818. The highest BCUT2D eigenvalue weighted by molar-refractivity contribution is 4.68. The normalized spacial score (nSPS) is 19.1. The first kappa shape index (κ1) is 13.9. The summed E-state index contributed by atoms with van der Waals surface area (Å²) in [4.78, 5) is 4.98. The van der Waals surface area contributed by atoms with Gasteiger partial charge in [-0.2, -0.15) is 0 Å². The number of nitrogens with one attached hydrogen (secondary N) is 1. The molecule has 0 aromatic rings. The van der Waals surface area contributed by atoms with Crippen molar-refractivity contribution < 1.29 is 4.74 Å². The van der Waals surface area contributed by atoms with Gasteiger partial charge in [-0.3, -0.25) is 0 Å². The van der Waals surface area contributed by atoms with Gasteiger partial charge >= 0.3 is 0 Å². The Hall–Kier alpha value is -0.160. The monoisotopic (exact) mass is 229 g/mol. The van der Waals surface area contributed by atoms with E-state index < -0.39 is 0 Å². The Balaban J connectivity index is 1.84. The lowest BCUT2D eigenvalue weighted by atomic mass is 10.2. The third-order valence-corrected chi connectivity index (χ3v) is 3.16. The van der Waals surface area contributed by atoms with Gasteiger partial charge in [0.05, 0.1) is 6.61 Å². The van der Waals surface area contributed by atoms with Crippen molar-refractivity contribution in [3.63, 3.8) is 0 Å². The molecule has 4 nitrogen and oxygen atoms in total. The number of hydrogen-bond donors (Lipinski definition) is 1. The van der Waals surface area contributed by atoms with E-state index in [2.05, 4.69) is 22.2 Å². The number of unbranched alkanes of at least 4 members (excludes halogenated alkanes) is 1. The van der Waals surface area contributed by atoms with Crippen LogP contribution in [0.15, 0.2) is 0 Å². The molecule has 1 rings (SSSR count). The Morgan fingerprint density at radius 1 is 1.06 bits per heavy atom. The van der Waals surface area contributed by atoms with E-state index in [1.54, 1.807) is 7.11 Å². The molecule has 16 heavy (non-hydrogen) atoms. The average Bonchev–Trinajstić information content (AvgIpc) is 2.30. The maximum absolute atomic E-state index is 4.98. The lowest BCUT2D eigenvalue weighted by molar-refractivity contribution is 0.152. The van der Waals surface area contributed by atoms with E-state index in [0.29, 0.717) is 0 Å². The number of hydrogen-bond acceptors (Lipinski definition) is 4. The molecule has 0 aromatic carbocycles. The van der Waals surface area contributed by atoms with E-state index in [4.69, 9.17) is 4.74 Å². The molecule has 0 aromatic heterocycles. The molecular formula is C12H27N3O. The van der Waals surface area contributed by atoms with Crippen LogP contribution in [0.5, 0.6) is 0 Å². The summed E-state index contributed by atoms with van der Waals surface area (Å²) in [6.07, 6.45) is 2.58. The molecule has 0 spiro atoms. The highest BCUT2D eigenvalue weighted by Gasteiger charge is 2.12. The van der Waals surface area contributed by atoms with Gasteiger partial charge in [0.15, 0.2) is 0 Å². The SMILES string of the molecule is COCCNCCCCN1CCN(C)CC1. The van der Waals surface area contributed by atoms with Crippen LogP contribution < -0.4 is 5.32 Å². The number of piperazine rings is 1. The fourth-order valence-electron chi connectivity index (χ4n) is 1.96. The average molecular weight is 229 g/mol. The maximum Gasteiger partial charge on any atom is 0.0587 e. The van der Waals surface area contributed by atoms with E-state index in [0.717, 1.165) is 19.7 Å². The molecule has 0 atom stereocenters. The molecule has 1 heterocycles. The van der Waals surface area contributed by atoms with Gasteiger partial charge in [-0.25, -0.2) is 0 Å². The summed E-state index contributed by atoms with van der Waals surface area (Å²) < 4.78 is 4.98. The minimum absolute atomic E-state index is 0.818. The van der Waals surface area contributed by atoms with Crippen molar-refractivity contribution in [3.8, 4) is 0 Å². The summed E-state index contributed by atoms with van der Waals surface area (Å²) >= 11 is 0. The summed E-state index contributed by atoms with van der Waals surface area (Å²) in [6, 6.07) is 0. The van der Waals surface area contributed by atoms with Crippen LogP contribution in [-0.4, -0.2) is 76.4 Å². The van der Waals surface area contributed by atoms with Crippen LogP contribution >= 0.6 is 0 Å². The highest BCUT2D eigenvalue weighted by Crippen LogP contribution is 2.01. The Kier molecular flexibility index (Phi) is 7.76. The maximum atomic E-state index is 4.98. The Morgan fingerprint density at radius 3 is 2.50 bits per heavy atom. The predicted molar refractivity (Wildman–Crippen MR) is 67.9 cm³/mol. The quantitative estimate of drug-likeness (QED) is 0.604. The van der Waals surface area contributed by atoms with E-state index in [9.17, 15) is 0 Å². The third-order valence-electron chi connectivity index (χ3n) is 3.16. The summed E-state index contributed by atoms with van der Waals surface area (Å²) in [6.45, 7) is 9.12. The van der Waals surface area contributed by atoms with E-state index in [1.165, 1.54) is 45.6 Å². The molecule has 0 radical (unpaired) electrons. The zero-order chi connectivity index (χ0) is 11.6. The first-order valence-electron chi connectivity index (χ1n) is 6.43. The van der Waals surface area contributed by atoms with Gasteiger partial charge in [-0.05, 0) is 33.0 Å². The molecule has 1 N–H and O–H groups in total. The van der Waals surface area contributed by atoms with Crippen molar-refractivity contribution in [2.45, 2.75) is 12.8 Å². The smallest absolute Gasteiger partial charge is 0.0587 e. The summed E-state index contributed by atoms with van der Waals surface area (Å²) in [7, 11) is 3.95. The third kappa shape index (κ3) is 6.43. The first-order chi connectivity index (χ1) is 7.83. The standard InChI is InChI=1S/C12H27N3O/c1-14-8-10-15(11-9-14)7-4-3-5-13-6-12-16-2/h13H,3-12H2,1-2H3. The molecule has 0 unspecified atom stereocenters. The second-order valence-corrected chi connectivity index (χ2v) is 4.59. The predicted octanol–water partition coefficient (Wildman–Crippen LogP) is 0.250. The minimum Gasteiger partial charge on any atom is -0.383 e. The summed E-state index contributed by atoms with van der Waals surface area (Å²) in [5, 5.41) is 3.38. The van der Waals surface area contributed by atoms with Gasteiger partial charge in [0.1, 0.15) is 0 Å². The molecular weight excluding hydrogens is 202 g/mol. The van der Waals surface area contributed by atoms with E-state index in [-0.39, 0.29) is 0 Å². The number of ether oxygens (including phenoxy) is 1. The van der Waals surface area contributed by atoms with Gasteiger partial charge < -0.3 is 19.9 Å². The topological polar surface area (TPSA) is 27.7 Å². The van der Waals surface area contributed by atoms with Crippen molar-refractivity contribution >= 4 is 0 Å². The van der Waals surface area contributed by atoms with Gasteiger partial charge in [-0.1, -0.05) is 0 Å². The van der Waals surface area contributed by atoms with Crippen LogP contribution in [-0.2, 0) is 4.74 Å². The zero-order valence-corrected chi connectivity index (χ0v) is 10.9. The van der Waals surface area contributed by atoms with Crippen LogP contribution in [0.1, 0.15) is 12.8 Å². The van der Waals surface area contributed by atoms with Crippen LogP contribution in [0.3, 0.4) is 0 Å². The number of nitrogens with zero attached hydrogens (tertiary/aromatic N) is 2. The van der Waals surface area contributed by atoms with Crippen LogP contribution in [0, 0.1) is 0 Å². The highest BCUT2D eigenvalue weighted by atomic mass is 16.5. The van der Waals surface area contributed by atoms with Gasteiger partial charge in [-0.15, -0.1) is 0 Å². The van der Waals surface area contributed by atoms with E-state index in [1.807, 2.05) is 0 Å². The lowest BCUT2D eigenvalue weighted by Crippen LogP contribution is -2.44. The number of rotatable bonds is 8. The Morgan fingerprint density at radius 2 is 1.81 bits per heavy atom. The molecule has 1 saturated heterocycles. The second-order valence-electron chi connectivity index (χ2n) is 4.59. The van der Waals surface area contributed by atoms with Crippen LogP contribution in [0.25, 0.3) is 0 Å². The van der Waals surface area contributed by atoms with Crippen molar-refractivity contribution in [1.82, 2.24) is 15.1 Å². The zero-order valence-electron chi connectivity index (χ0n) is 10.9. The summed E-state index contributed by atoms with van der Waals surface area (Å²) in [5.74, 6) is 0. The lowest BCUT2D eigenvalue weighted by Gasteiger charge is -2.32. The van der Waals surface area contributed by atoms with Gasteiger partial charge in [0, 0.05) is 39.8 Å². The first-order valence-corrected chi connectivity index (χ1v) is 6.43. The van der Waals surface area contributed by atoms with Gasteiger partial charge in [0.2, 0.25) is 0 Å². The molecule has 0 saturated carbocycles. The molecule has 1 fully saturated rings. The second kappa shape index (κ2) is 8.93. The molecule has 0 aliphatic carbocycles. The fourth-order valence-corrected chi connectivity index (χ4v) is 1.96. The Labute approximate surface area is 99.9 Å². The molecule has 0 amide bonds. The van der Waals surface area contributed by atoms with Crippen molar-refractivity contribution in [1.29, 1.82) is 0 Å². The number of likely N-dealkylation sites (N-methyl/N-ethyl adjacent to an activating group) is 1. The molecule has 1 aliphatic rings. The fraction of sp³-hybridized carbons (Fsp3) is 1.00. The van der Waals surface area contributed by atoms with Crippen LogP contribution in [0.4, 0.5) is 0 Å². The van der Waals surface area contributed by atoms with Crippen LogP contribution in [0.2, 0.25) is 0 Å². The molecule has 0 bridgehead atoms. The molecule has 4 heteroatoms. The summed E-state index contributed by atoms with van der Waals surface area (Å²) in [5.41, 5.74) is 0. The largest absolute Gasteiger partial charge is 0.383 e. The van der Waals surface area contributed by atoms with Gasteiger partial charge in [0.25, 0.3) is 0 Å². The Bertz CT molecular complexity index is 158. The van der Waals surface area contributed by atoms with Crippen molar-refractivity contribution in [2.24, 2.45) is 0 Å². The number of methoxy groups -OCH3 is 1. The molecule has 1 aliphatic heterocycles. The van der Waals surface area contributed by atoms with Crippen molar-refractivity contribution in [2.75, 3.05) is 66.6 Å². The van der Waals surface area contributed by atoms with Crippen molar-refractivity contribution in [3.05, 3.63) is 0 Å². The van der Waals surface area contributed by atoms with E-state index >= 15 is 0 Å². The molecule has 96 valence electrons.